The van der Waals surface area contributed by atoms with Crippen LogP contribution in [0, 0.1) is 0 Å². The van der Waals surface area contributed by atoms with Crippen LogP contribution >= 0.6 is 11.6 Å². The molecule has 3 aromatic rings. The third kappa shape index (κ3) is 3.42. The van der Waals surface area contributed by atoms with Gasteiger partial charge < -0.3 is 5.11 Å². The van der Waals surface area contributed by atoms with Crippen molar-refractivity contribution >= 4 is 36.8 Å². The van der Waals surface area contributed by atoms with Crippen molar-refractivity contribution in [2.75, 3.05) is 0 Å². The standard InChI is InChI=1S/C23H19ClO5S2/c24-19-9-7-8-17(14-19)18-15-22(25)23(16-18,30(26,27)20-10-3-1-4-11-20)31(28,29)21-12-5-2-6-13-21/h1-15,22,25H,16H2. The van der Waals surface area contributed by atoms with Crippen LogP contribution in [0.3, 0.4) is 0 Å². The molecule has 160 valence electrons. The van der Waals surface area contributed by atoms with Gasteiger partial charge in [-0.1, -0.05) is 60.1 Å². The Morgan fingerprint density at radius 1 is 0.774 bits per heavy atom. The van der Waals surface area contributed by atoms with Crippen molar-refractivity contribution in [3.8, 4) is 0 Å². The Kier molecular flexibility index (Phi) is 5.55. The lowest BCUT2D eigenvalue weighted by atomic mass is 10.1. The topological polar surface area (TPSA) is 88.5 Å². The van der Waals surface area contributed by atoms with Gasteiger partial charge in [-0.3, -0.25) is 0 Å². The molecule has 0 fully saturated rings. The van der Waals surface area contributed by atoms with Crippen LogP contribution in [-0.4, -0.2) is 32.1 Å². The highest BCUT2D eigenvalue weighted by Crippen LogP contribution is 2.49. The molecule has 1 unspecified atom stereocenters. The van der Waals surface area contributed by atoms with Gasteiger partial charge in [0.25, 0.3) is 0 Å². The number of sulfone groups is 2. The molecule has 5 nitrogen and oxygen atoms in total. The Hall–Kier alpha value is -2.45. The number of aliphatic hydroxyl groups is 1. The number of hydrogen-bond donors (Lipinski definition) is 1. The summed E-state index contributed by atoms with van der Waals surface area (Å²) in [6, 6.07) is 21.3. The number of aliphatic hydroxyl groups excluding tert-OH is 1. The minimum atomic E-state index is -4.53. The molecule has 0 radical (unpaired) electrons. The van der Waals surface area contributed by atoms with Crippen LogP contribution in [0.5, 0.6) is 0 Å². The van der Waals surface area contributed by atoms with E-state index in [4.69, 9.17) is 11.6 Å². The fourth-order valence-electron chi connectivity index (χ4n) is 3.88. The summed E-state index contributed by atoms with van der Waals surface area (Å²) in [6.07, 6.45) is -0.896. The first-order valence-corrected chi connectivity index (χ1v) is 12.8. The van der Waals surface area contributed by atoms with Crippen LogP contribution in [0.15, 0.2) is 101 Å². The molecule has 0 saturated carbocycles. The molecule has 3 aromatic carbocycles. The van der Waals surface area contributed by atoms with Gasteiger partial charge in [-0.2, -0.15) is 0 Å². The summed E-state index contributed by atoms with van der Waals surface area (Å²) in [5, 5.41) is 11.5. The molecule has 1 aliphatic carbocycles. The lowest BCUT2D eigenvalue weighted by Crippen LogP contribution is -2.52. The zero-order valence-corrected chi connectivity index (χ0v) is 18.6. The van der Waals surface area contributed by atoms with Gasteiger partial charge in [-0.05, 0) is 53.6 Å². The molecule has 0 saturated heterocycles. The summed E-state index contributed by atoms with van der Waals surface area (Å²) in [7, 11) is -9.06. The van der Waals surface area contributed by atoms with Crippen molar-refractivity contribution in [3.05, 3.63) is 102 Å². The zero-order valence-electron chi connectivity index (χ0n) is 16.2. The molecule has 0 amide bonds. The van der Waals surface area contributed by atoms with E-state index in [-0.39, 0.29) is 9.79 Å². The molecule has 0 spiro atoms. The van der Waals surface area contributed by atoms with Crippen LogP contribution in [0.4, 0.5) is 0 Å². The molecule has 0 bridgehead atoms. The van der Waals surface area contributed by atoms with Crippen LogP contribution in [0.1, 0.15) is 12.0 Å². The number of hydrogen-bond acceptors (Lipinski definition) is 5. The summed E-state index contributed by atoms with van der Waals surface area (Å²) in [6.45, 7) is 0. The fraction of sp³-hybridized carbons (Fsp3) is 0.130. The van der Waals surface area contributed by atoms with E-state index >= 15 is 0 Å². The molecule has 0 aromatic heterocycles. The molecule has 4 rings (SSSR count). The van der Waals surface area contributed by atoms with Crippen molar-refractivity contribution in [3.63, 3.8) is 0 Å². The van der Waals surface area contributed by atoms with Crippen molar-refractivity contribution in [2.24, 2.45) is 0 Å². The van der Waals surface area contributed by atoms with Crippen molar-refractivity contribution < 1.29 is 21.9 Å². The Labute approximate surface area is 186 Å². The number of allylic oxidation sites excluding steroid dienone is 1. The van der Waals surface area contributed by atoms with E-state index in [0.717, 1.165) is 0 Å². The molecule has 0 heterocycles. The largest absolute Gasteiger partial charge is 0.386 e. The van der Waals surface area contributed by atoms with E-state index in [1.807, 2.05) is 0 Å². The lowest BCUT2D eigenvalue weighted by Gasteiger charge is -2.32. The fourth-order valence-corrected chi connectivity index (χ4v) is 9.10. The first-order chi connectivity index (χ1) is 14.7. The molecule has 1 N–H and O–H groups in total. The number of benzene rings is 3. The highest BCUT2D eigenvalue weighted by atomic mass is 35.5. The monoisotopic (exact) mass is 474 g/mol. The SMILES string of the molecule is O=S(=O)(c1ccccc1)C1(S(=O)(=O)c2ccccc2)CC(c2cccc(Cl)c2)=CC1O. The van der Waals surface area contributed by atoms with Gasteiger partial charge in [-0.15, -0.1) is 0 Å². The van der Waals surface area contributed by atoms with Crippen LogP contribution in [-0.2, 0) is 19.7 Å². The lowest BCUT2D eigenvalue weighted by molar-refractivity contribution is 0.209. The second-order valence-corrected chi connectivity index (χ2v) is 12.4. The van der Waals surface area contributed by atoms with E-state index in [1.54, 1.807) is 36.4 Å². The Morgan fingerprint density at radius 2 is 1.29 bits per heavy atom. The molecule has 1 aliphatic rings. The van der Waals surface area contributed by atoms with Gasteiger partial charge in [-0.25, -0.2) is 16.8 Å². The van der Waals surface area contributed by atoms with Gasteiger partial charge in [0.05, 0.1) is 9.79 Å². The summed E-state index contributed by atoms with van der Waals surface area (Å²) in [4.78, 5) is -0.344. The predicted octanol–water partition coefficient (Wildman–Crippen LogP) is 4.13. The number of halogens is 1. The minimum absolute atomic E-state index is 0.172. The summed E-state index contributed by atoms with van der Waals surface area (Å²) in [5.41, 5.74) is 0.953. The highest BCUT2D eigenvalue weighted by molar-refractivity contribution is 8.10. The third-order valence-electron chi connectivity index (χ3n) is 5.46. The number of rotatable bonds is 5. The van der Waals surface area contributed by atoms with Gasteiger partial charge in [0.2, 0.25) is 23.8 Å². The maximum absolute atomic E-state index is 13.8. The second-order valence-electron chi connectivity index (χ2n) is 7.27. The summed E-state index contributed by atoms with van der Waals surface area (Å²) in [5.74, 6) is 0. The average molecular weight is 475 g/mol. The maximum Gasteiger partial charge on any atom is 0.215 e. The van der Waals surface area contributed by atoms with Crippen LogP contribution in [0.25, 0.3) is 5.57 Å². The van der Waals surface area contributed by atoms with Gasteiger partial charge in [0.1, 0.15) is 6.10 Å². The first kappa shape index (κ1) is 21.8. The third-order valence-corrected chi connectivity index (χ3v) is 11.4. The molecular formula is C23H19ClO5S2. The van der Waals surface area contributed by atoms with Crippen molar-refractivity contribution in [2.45, 2.75) is 26.4 Å². The quantitative estimate of drug-likeness (QED) is 0.600. The van der Waals surface area contributed by atoms with Gasteiger partial charge >= 0.3 is 0 Å². The van der Waals surface area contributed by atoms with Gasteiger partial charge in [0, 0.05) is 11.4 Å². The van der Waals surface area contributed by atoms with Crippen molar-refractivity contribution in [1.29, 1.82) is 0 Å². The Bertz CT molecular complexity index is 1280. The van der Waals surface area contributed by atoms with Crippen LogP contribution < -0.4 is 0 Å². The molecular weight excluding hydrogens is 456 g/mol. The Morgan fingerprint density at radius 3 is 1.77 bits per heavy atom. The maximum atomic E-state index is 13.8. The average Bonchev–Trinajstić information content (AvgIpc) is 3.14. The van der Waals surface area contributed by atoms with E-state index in [9.17, 15) is 21.9 Å². The van der Waals surface area contributed by atoms with Gasteiger partial charge in [0.15, 0.2) is 0 Å². The minimum Gasteiger partial charge on any atom is -0.386 e. The molecule has 0 aliphatic heterocycles. The molecule has 31 heavy (non-hydrogen) atoms. The second kappa shape index (κ2) is 7.91. The predicted molar refractivity (Wildman–Crippen MR) is 120 cm³/mol. The van der Waals surface area contributed by atoms with E-state index in [1.165, 1.54) is 54.6 Å². The smallest absolute Gasteiger partial charge is 0.215 e. The van der Waals surface area contributed by atoms with E-state index in [0.29, 0.717) is 16.2 Å². The highest BCUT2D eigenvalue weighted by Gasteiger charge is 2.63. The first-order valence-electron chi connectivity index (χ1n) is 9.44. The Balaban J connectivity index is 1.96. The van der Waals surface area contributed by atoms with E-state index < -0.39 is 36.3 Å². The van der Waals surface area contributed by atoms with Crippen LogP contribution in [0.2, 0.25) is 5.02 Å². The summed E-state index contributed by atoms with van der Waals surface area (Å²) >= 11 is 6.08. The zero-order chi connectivity index (χ0) is 22.3. The normalized spacial score (nSPS) is 18.5. The summed E-state index contributed by atoms with van der Waals surface area (Å²) < 4.78 is 52.8. The van der Waals surface area contributed by atoms with Crippen molar-refractivity contribution in [1.82, 2.24) is 0 Å². The molecule has 8 heteroatoms. The van der Waals surface area contributed by atoms with E-state index in [2.05, 4.69) is 0 Å². The molecule has 1 atom stereocenters.